The summed E-state index contributed by atoms with van der Waals surface area (Å²) in [6.45, 7) is 3.28. The van der Waals surface area contributed by atoms with E-state index in [2.05, 4.69) is 24.4 Å². The molecule has 1 aliphatic carbocycles. The Bertz CT molecular complexity index is 349. The smallest absolute Gasteiger partial charge is 0.0438 e. The van der Waals surface area contributed by atoms with Gasteiger partial charge in [-0.05, 0) is 43.4 Å². The Morgan fingerprint density at radius 3 is 2.88 bits per heavy atom. The quantitative estimate of drug-likeness (QED) is 0.851. The van der Waals surface area contributed by atoms with Crippen LogP contribution in [0.2, 0.25) is 5.02 Å². The number of hydrogen-bond acceptors (Lipinski definition) is 1. The van der Waals surface area contributed by atoms with Crippen molar-refractivity contribution >= 4 is 11.6 Å². The summed E-state index contributed by atoms with van der Waals surface area (Å²) in [6, 6.07) is 8.99. The molecule has 0 bridgehead atoms. The molecule has 1 nitrogen and oxygen atoms in total. The van der Waals surface area contributed by atoms with Crippen molar-refractivity contribution in [3.8, 4) is 0 Å². The van der Waals surface area contributed by atoms with E-state index in [1.54, 1.807) is 0 Å². The van der Waals surface area contributed by atoms with E-state index < -0.39 is 0 Å². The van der Waals surface area contributed by atoms with Crippen molar-refractivity contribution < 1.29 is 0 Å². The molecule has 1 fully saturated rings. The Kier molecular flexibility index (Phi) is 4.87. The Labute approximate surface area is 110 Å². The summed E-state index contributed by atoms with van der Waals surface area (Å²) in [6.07, 6.45) is 6.49. The van der Waals surface area contributed by atoms with Gasteiger partial charge in [0.25, 0.3) is 0 Å². The van der Waals surface area contributed by atoms with Crippen LogP contribution in [-0.2, 0) is 6.42 Å². The Morgan fingerprint density at radius 1 is 1.29 bits per heavy atom. The first-order chi connectivity index (χ1) is 8.29. The van der Waals surface area contributed by atoms with E-state index in [9.17, 15) is 0 Å². The molecule has 1 aromatic rings. The van der Waals surface area contributed by atoms with E-state index >= 15 is 0 Å². The topological polar surface area (TPSA) is 12.0 Å². The molecule has 0 aromatic heterocycles. The number of rotatable bonds is 4. The summed E-state index contributed by atoms with van der Waals surface area (Å²) in [7, 11) is 0. The Balaban J connectivity index is 1.92. The highest BCUT2D eigenvalue weighted by Crippen LogP contribution is 2.29. The van der Waals surface area contributed by atoms with E-state index in [0.717, 1.165) is 29.9 Å². The second kappa shape index (κ2) is 6.42. The van der Waals surface area contributed by atoms with Gasteiger partial charge in [0.1, 0.15) is 0 Å². The first-order valence-corrected chi connectivity index (χ1v) is 7.14. The standard InChI is InChI=1S/C15H22ClN/c1-2-17-14-8-5-6-12(11-14)10-13-7-3-4-9-15(13)16/h3-4,7,9,12,14,17H,2,5-6,8,10-11H2,1H3. The minimum Gasteiger partial charge on any atom is -0.314 e. The molecular formula is C15H22ClN. The maximum Gasteiger partial charge on any atom is 0.0438 e. The fourth-order valence-electron chi connectivity index (χ4n) is 2.93. The van der Waals surface area contributed by atoms with Crippen LogP contribution in [0.5, 0.6) is 0 Å². The van der Waals surface area contributed by atoms with Crippen LogP contribution in [0.1, 0.15) is 38.2 Å². The third-order valence-corrected chi connectivity index (χ3v) is 4.11. The molecule has 1 N–H and O–H groups in total. The van der Waals surface area contributed by atoms with Gasteiger partial charge in [-0.3, -0.25) is 0 Å². The molecule has 2 atom stereocenters. The maximum absolute atomic E-state index is 6.23. The molecule has 17 heavy (non-hydrogen) atoms. The molecular weight excluding hydrogens is 230 g/mol. The van der Waals surface area contributed by atoms with Gasteiger partial charge >= 0.3 is 0 Å². The van der Waals surface area contributed by atoms with Crippen LogP contribution >= 0.6 is 11.6 Å². The third kappa shape index (κ3) is 3.72. The van der Waals surface area contributed by atoms with Crippen LogP contribution < -0.4 is 5.32 Å². The third-order valence-electron chi connectivity index (χ3n) is 3.74. The van der Waals surface area contributed by atoms with Crippen LogP contribution in [-0.4, -0.2) is 12.6 Å². The molecule has 0 radical (unpaired) electrons. The predicted octanol–water partition coefficient (Wildman–Crippen LogP) is 4.05. The molecule has 0 spiro atoms. The molecule has 1 saturated carbocycles. The Hall–Kier alpha value is -0.530. The van der Waals surface area contributed by atoms with Crippen LogP contribution in [0.3, 0.4) is 0 Å². The van der Waals surface area contributed by atoms with E-state index in [1.165, 1.54) is 31.2 Å². The van der Waals surface area contributed by atoms with E-state index in [4.69, 9.17) is 11.6 Å². The van der Waals surface area contributed by atoms with E-state index in [-0.39, 0.29) is 0 Å². The van der Waals surface area contributed by atoms with Gasteiger partial charge in [-0.15, -0.1) is 0 Å². The highest BCUT2D eigenvalue weighted by molar-refractivity contribution is 6.31. The van der Waals surface area contributed by atoms with Crippen LogP contribution in [0.25, 0.3) is 0 Å². The molecule has 0 amide bonds. The number of benzene rings is 1. The monoisotopic (exact) mass is 251 g/mol. The van der Waals surface area contributed by atoms with Crippen LogP contribution in [0, 0.1) is 5.92 Å². The fourth-order valence-corrected chi connectivity index (χ4v) is 3.14. The average molecular weight is 252 g/mol. The zero-order chi connectivity index (χ0) is 12.1. The van der Waals surface area contributed by atoms with Gasteiger partial charge in [-0.2, -0.15) is 0 Å². The lowest BCUT2D eigenvalue weighted by Crippen LogP contribution is -2.34. The lowest BCUT2D eigenvalue weighted by atomic mass is 9.82. The largest absolute Gasteiger partial charge is 0.314 e. The summed E-state index contributed by atoms with van der Waals surface area (Å²) in [5.74, 6) is 0.799. The first kappa shape index (κ1) is 12.9. The van der Waals surface area contributed by atoms with E-state index in [0.29, 0.717) is 0 Å². The molecule has 2 unspecified atom stereocenters. The summed E-state index contributed by atoms with van der Waals surface area (Å²) >= 11 is 6.23. The predicted molar refractivity (Wildman–Crippen MR) is 74.6 cm³/mol. The number of halogens is 1. The number of hydrogen-bond donors (Lipinski definition) is 1. The van der Waals surface area contributed by atoms with Crippen molar-refractivity contribution in [2.75, 3.05) is 6.54 Å². The lowest BCUT2D eigenvalue weighted by molar-refractivity contribution is 0.287. The molecule has 1 aliphatic rings. The minimum absolute atomic E-state index is 0.723. The lowest BCUT2D eigenvalue weighted by Gasteiger charge is -2.29. The molecule has 0 saturated heterocycles. The summed E-state index contributed by atoms with van der Waals surface area (Å²) in [4.78, 5) is 0. The molecule has 1 aromatic carbocycles. The second-order valence-electron chi connectivity index (χ2n) is 5.08. The molecule has 0 heterocycles. The van der Waals surface area contributed by atoms with Crippen LogP contribution in [0.15, 0.2) is 24.3 Å². The van der Waals surface area contributed by atoms with Crippen LogP contribution in [0.4, 0.5) is 0 Å². The van der Waals surface area contributed by atoms with Crippen molar-refractivity contribution in [3.63, 3.8) is 0 Å². The van der Waals surface area contributed by atoms with Crippen molar-refractivity contribution in [3.05, 3.63) is 34.9 Å². The van der Waals surface area contributed by atoms with Crippen molar-refractivity contribution in [1.82, 2.24) is 5.32 Å². The molecule has 0 aliphatic heterocycles. The summed E-state index contributed by atoms with van der Waals surface area (Å²) < 4.78 is 0. The zero-order valence-corrected chi connectivity index (χ0v) is 11.3. The van der Waals surface area contributed by atoms with Gasteiger partial charge in [0.15, 0.2) is 0 Å². The van der Waals surface area contributed by atoms with Gasteiger partial charge in [0, 0.05) is 11.1 Å². The minimum atomic E-state index is 0.723. The van der Waals surface area contributed by atoms with E-state index in [1.807, 2.05) is 12.1 Å². The van der Waals surface area contributed by atoms with Gasteiger partial charge in [0.05, 0.1) is 0 Å². The van der Waals surface area contributed by atoms with Gasteiger partial charge < -0.3 is 5.32 Å². The van der Waals surface area contributed by atoms with Gasteiger partial charge in [-0.25, -0.2) is 0 Å². The number of nitrogens with one attached hydrogen (secondary N) is 1. The summed E-state index contributed by atoms with van der Waals surface area (Å²) in [5, 5.41) is 4.51. The maximum atomic E-state index is 6.23. The molecule has 2 heteroatoms. The van der Waals surface area contributed by atoms with Crippen molar-refractivity contribution in [2.24, 2.45) is 5.92 Å². The zero-order valence-electron chi connectivity index (χ0n) is 10.6. The Morgan fingerprint density at radius 2 is 2.12 bits per heavy atom. The summed E-state index contributed by atoms with van der Waals surface area (Å²) in [5.41, 5.74) is 1.32. The van der Waals surface area contributed by atoms with Crippen molar-refractivity contribution in [2.45, 2.75) is 45.1 Å². The normalized spacial score (nSPS) is 24.8. The van der Waals surface area contributed by atoms with Gasteiger partial charge in [0.2, 0.25) is 0 Å². The first-order valence-electron chi connectivity index (χ1n) is 6.76. The average Bonchev–Trinajstić information content (AvgIpc) is 2.33. The highest BCUT2D eigenvalue weighted by atomic mass is 35.5. The second-order valence-corrected chi connectivity index (χ2v) is 5.49. The fraction of sp³-hybridized carbons (Fsp3) is 0.600. The molecule has 2 rings (SSSR count). The highest BCUT2D eigenvalue weighted by Gasteiger charge is 2.21. The van der Waals surface area contributed by atoms with Crippen molar-refractivity contribution in [1.29, 1.82) is 0 Å². The van der Waals surface area contributed by atoms with Gasteiger partial charge in [-0.1, -0.05) is 49.6 Å². The SMILES string of the molecule is CCNC1CCCC(Cc2ccccc2Cl)C1. The molecule has 94 valence electrons.